The molecule has 5 rings (SSSR count). The molecule has 3 aliphatic heterocycles. The molecule has 2 amide bonds. The molecule has 0 unspecified atom stereocenters. The highest BCUT2D eigenvalue weighted by molar-refractivity contribution is 5.94. The van der Waals surface area contributed by atoms with E-state index in [1.807, 2.05) is 34.1 Å². The Balaban J connectivity index is 1.08. The Kier molecular flexibility index (Phi) is 6.93. The lowest BCUT2D eigenvalue weighted by Crippen LogP contribution is -2.51. The quantitative estimate of drug-likeness (QED) is 0.649. The molecule has 2 fully saturated rings. The van der Waals surface area contributed by atoms with Crippen LogP contribution in [0.3, 0.4) is 0 Å². The van der Waals surface area contributed by atoms with E-state index in [4.69, 9.17) is 9.47 Å². The summed E-state index contributed by atoms with van der Waals surface area (Å²) in [6, 6.07) is 14.1. The zero-order chi connectivity index (χ0) is 25.3. The Morgan fingerprint density at radius 1 is 0.833 bits per heavy atom. The molecule has 7 nitrogen and oxygen atoms in total. The van der Waals surface area contributed by atoms with Crippen LogP contribution in [0.1, 0.15) is 55.1 Å². The first-order valence-electron chi connectivity index (χ1n) is 13.1. The predicted octanol–water partition coefficient (Wildman–Crippen LogP) is 3.91. The normalized spacial score (nSPS) is 19.0. The van der Waals surface area contributed by atoms with Crippen LogP contribution < -0.4 is 9.47 Å². The van der Waals surface area contributed by atoms with E-state index in [1.54, 1.807) is 0 Å². The van der Waals surface area contributed by atoms with Gasteiger partial charge in [-0.25, -0.2) is 0 Å². The van der Waals surface area contributed by atoms with Crippen LogP contribution in [0.25, 0.3) is 0 Å². The molecular formula is C29H37N3O4. The standard InChI is InChI=1S/C29H37N3O4/c1-29(2,3)24-7-5-22(6-8-24)27(33)31-12-10-23(11-13-31)28(34)32-16-14-30(15-17-32)19-21-4-9-25-26(18-21)36-20-35-25/h4-9,18,23H,10-17,19-20H2,1-3H3. The van der Waals surface area contributed by atoms with Gasteiger partial charge in [0.05, 0.1) is 0 Å². The lowest BCUT2D eigenvalue weighted by molar-refractivity contribution is -0.138. The third-order valence-electron chi connectivity index (χ3n) is 7.66. The molecule has 2 saturated heterocycles. The summed E-state index contributed by atoms with van der Waals surface area (Å²) in [6.45, 7) is 12.2. The summed E-state index contributed by atoms with van der Waals surface area (Å²) in [5.74, 6) is 1.95. The van der Waals surface area contributed by atoms with Gasteiger partial charge in [-0.15, -0.1) is 0 Å². The molecule has 36 heavy (non-hydrogen) atoms. The number of ether oxygens (including phenoxy) is 2. The molecule has 0 radical (unpaired) electrons. The number of fused-ring (bicyclic) bond motifs is 1. The molecule has 0 saturated carbocycles. The fraction of sp³-hybridized carbons (Fsp3) is 0.517. The maximum Gasteiger partial charge on any atom is 0.253 e. The SMILES string of the molecule is CC(C)(C)c1ccc(C(=O)N2CCC(C(=O)N3CCN(Cc4ccc5c(c4)OCO5)CC3)CC2)cc1. The van der Waals surface area contributed by atoms with E-state index < -0.39 is 0 Å². The van der Waals surface area contributed by atoms with Gasteiger partial charge in [-0.2, -0.15) is 0 Å². The number of carbonyl (C=O) groups is 2. The maximum absolute atomic E-state index is 13.2. The van der Waals surface area contributed by atoms with Crippen molar-refractivity contribution in [3.05, 3.63) is 59.2 Å². The van der Waals surface area contributed by atoms with Crippen molar-refractivity contribution in [2.45, 2.75) is 45.6 Å². The van der Waals surface area contributed by atoms with Crippen molar-refractivity contribution < 1.29 is 19.1 Å². The third kappa shape index (κ3) is 5.36. The van der Waals surface area contributed by atoms with Crippen molar-refractivity contribution in [2.75, 3.05) is 46.1 Å². The maximum atomic E-state index is 13.2. The molecule has 0 bridgehead atoms. The second kappa shape index (κ2) is 10.1. The lowest BCUT2D eigenvalue weighted by Gasteiger charge is -2.38. The Hall–Kier alpha value is -3.06. The minimum Gasteiger partial charge on any atom is -0.454 e. The number of benzene rings is 2. The van der Waals surface area contributed by atoms with E-state index in [2.05, 4.69) is 43.9 Å². The van der Waals surface area contributed by atoms with Crippen molar-refractivity contribution in [3.8, 4) is 11.5 Å². The molecule has 2 aromatic carbocycles. The van der Waals surface area contributed by atoms with Gasteiger partial charge < -0.3 is 19.3 Å². The Labute approximate surface area is 214 Å². The van der Waals surface area contributed by atoms with Crippen LogP contribution in [-0.2, 0) is 16.8 Å². The molecule has 3 heterocycles. The van der Waals surface area contributed by atoms with E-state index in [9.17, 15) is 9.59 Å². The van der Waals surface area contributed by atoms with Gasteiger partial charge in [0.2, 0.25) is 12.7 Å². The second-order valence-electron chi connectivity index (χ2n) is 11.2. The van der Waals surface area contributed by atoms with Crippen LogP contribution in [0.4, 0.5) is 0 Å². The van der Waals surface area contributed by atoms with Crippen molar-refractivity contribution >= 4 is 11.8 Å². The van der Waals surface area contributed by atoms with Crippen molar-refractivity contribution in [3.63, 3.8) is 0 Å². The molecule has 0 spiro atoms. The topological polar surface area (TPSA) is 62.3 Å². The van der Waals surface area contributed by atoms with E-state index in [1.165, 1.54) is 11.1 Å². The van der Waals surface area contributed by atoms with E-state index >= 15 is 0 Å². The summed E-state index contributed by atoms with van der Waals surface area (Å²) in [5, 5.41) is 0. The average molecular weight is 492 g/mol. The molecule has 192 valence electrons. The van der Waals surface area contributed by atoms with Crippen LogP contribution in [0.2, 0.25) is 0 Å². The first kappa shape index (κ1) is 24.6. The summed E-state index contributed by atoms with van der Waals surface area (Å²) < 4.78 is 10.9. The van der Waals surface area contributed by atoms with Crippen LogP contribution in [0.15, 0.2) is 42.5 Å². The molecule has 2 aromatic rings. The fourth-order valence-electron chi connectivity index (χ4n) is 5.31. The zero-order valence-corrected chi connectivity index (χ0v) is 21.7. The van der Waals surface area contributed by atoms with E-state index in [-0.39, 0.29) is 29.9 Å². The molecular weight excluding hydrogens is 454 g/mol. The van der Waals surface area contributed by atoms with E-state index in [0.717, 1.165) is 62.6 Å². The Morgan fingerprint density at radius 2 is 1.50 bits per heavy atom. The number of likely N-dealkylation sites (tertiary alicyclic amines) is 1. The van der Waals surface area contributed by atoms with Crippen LogP contribution in [0.5, 0.6) is 11.5 Å². The predicted molar refractivity (Wildman–Crippen MR) is 138 cm³/mol. The molecule has 0 N–H and O–H groups in total. The molecule has 0 aliphatic carbocycles. The highest BCUT2D eigenvalue weighted by Gasteiger charge is 2.32. The molecule has 0 aromatic heterocycles. The largest absolute Gasteiger partial charge is 0.454 e. The minimum atomic E-state index is 0.0118. The summed E-state index contributed by atoms with van der Waals surface area (Å²) in [5.41, 5.74) is 3.22. The monoisotopic (exact) mass is 491 g/mol. The van der Waals surface area contributed by atoms with Crippen molar-refractivity contribution in [1.29, 1.82) is 0 Å². The van der Waals surface area contributed by atoms with Gasteiger partial charge in [0.1, 0.15) is 0 Å². The Bertz CT molecular complexity index is 1090. The first-order valence-corrected chi connectivity index (χ1v) is 13.1. The number of carbonyl (C=O) groups excluding carboxylic acids is 2. The molecule has 7 heteroatoms. The number of amides is 2. The number of hydrogen-bond donors (Lipinski definition) is 0. The van der Waals surface area contributed by atoms with Crippen molar-refractivity contribution in [1.82, 2.24) is 14.7 Å². The number of hydrogen-bond acceptors (Lipinski definition) is 5. The second-order valence-corrected chi connectivity index (χ2v) is 11.2. The smallest absolute Gasteiger partial charge is 0.253 e. The highest BCUT2D eigenvalue weighted by Crippen LogP contribution is 2.33. The molecule has 3 aliphatic rings. The zero-order valence-electron chi connectivity index (χ0n) is 21.7. The van der Waals surface area contributed by atoms with E-state index in [0.29, 0.717) is 13.1 Å². The number of piperazine rings is 1. The summed E-state index contributed by atoms with van der Waals surface area (Å²) in [7, 11) is 0. The van der Waals surface area contributed by atoms with Gasteiger partial charge in [0.15, 0.2) is 11.5 Å². The average Bonchev–Trinajstić information content (AvgIpc) is 3.36. The van der Waals surface area contributed by atoms with Crippen LogP contribution >= 0.6 is 0 Å². The Morgan fingerprint density at radius 3 is 2.17 bits per heavy atom. The summed E-state index contributed by atoms with van der Waals surface area (Å²) in [4.78, 5) is 32.5. The van der Waals surface area contributed by atoms with Gasteiger partial charge in [-0.1, -0.05) is 39.0 Å². The number of nitrogens with zero attached hydrogens (tertiary/aromatic N) is 3. The third-order valence-corrected chi connectivity index (χ3v) is 7.66. The lowest BCUT2D eigenvalue weighted by atomic mass is 9.86. The van der Waals surface area contributed by atoms with Crippen LogP contribution in [0, 0.1) is 5.92 Å². The van der Waals surface area contributed by atoms with Crippen molar-refractivity contribution in [2.24, 2.45) is 5.92 Å². The molecule has 0 atom stereocenters. The fourth-order valence-corrected chi connectivity index (χ4v) is 5.31. The minimum absolute atomic E-state index is 0.0118. The van der Waals surface area contributed by atoms with Gasteiger partial charge in [-0.05, 0) is 53.6 Å². The van der Waals surface area contributed by atoms with Gasteiger partial charge in [0, 0.05) is 57.3 Å². The summed E-state index contributed by atoms with van der Waals surface area (Å²) in [6.07, 6.45) is 1.48. The highest BCUT2D eigenvalue weighted by atomic mass is 16.7. The van der Waals surface area contributed by atoms with Gasteiger partial charge in [0.25, 0.3) is 5.91 Å². The van der Waals surface area contributed by atoms with Gasteiger partial charge in [-0.3, -0.25) is 14.5 Å². The number of rotatable bonds is 4. The number of piperidine rings is 1. The first-order chi connectivity index (χ1) is 17.3. The van der Waals surface area contributed by atoms with Gasteiger partial charge >= 0.3 is 0 Å². The summed E-state index contributed by atoms with van der Waals surface area (Å²) >= 11 is 0. The van der Waals surface area contributed by atoms with Crippen LogP contribution in [-0.4, -0.2) is 72.6 Å².